The summed E-state index contributed by atoms with van der Waals surface area (Å²) in [5.41, 5.74) is 2.00. The van der Waals surface area contributed by atoms with Gasteiger partial charge in [-0.15, -0.1) is 11.3 Å². The summed E-state index contributed by atoms with van der Waals surface area (Å²) < 4.78 is 4.80. The SMILES string of the molecule is COC(=O)C(Nc1cccc(C)c1)c1nccs1. The van der Waals surface area contributed by atoms with Gasteiger partial charge >= 0.3 is 5.97 Å². The highest BCUT2D eigenvalue weighted by molar-refractivity contribution is 7.09. The molecule has 0 aliphatic carbocycles. The van der Waals surface area contributed by atoms with Gasteiger partial charge in [0.15, 0.2) is 6.04 Å². The Hall–Kier alpha value is -1.88. The average molecular weight is 262 g/mol. The van der Waals surface area contributed by atoms with Crippen LogP contribution < -0.4 is 5.32 Å². The molecule has 2 rings (SSSR count). The first-order chi connectivity index (χ1) is 8.70. The van der Waals surface area contributed by atoms with Crippen molar-refractivity contribution in [2.75, 3.05) is 12.4 Å². The number of methoxy groups -OCH3 is 1. The molecule has 0 radical (unpaired) electrons. The molecule has 94 valence electrons. The molecule has 18 heavy (non-hydrogen) atoms. The van der Waals surface area contributed by atoms with E-state index in [1.807, 2.05) is 36.6 Å². The fourth-order valence-electron chi connectivity index (χ4n) is 1.62. The maximum absolute atomic E-state index is 11.8. The lowest BCUT2D eigenvalue weighted by Crippen LogP contribution is -2.22. The molecule has 1 heterocycles. The second kappa shape index (κ2) is 5.64. The molecule has 1 aromatic carbocycles. The van der Waals surface area contributed by atoms with Gasteiger partial charge < -0.3 is 10.1 Å². The first kappa shape index (κ1) is 12.6. The second-order valence-corrected chi connectivity index (χ2v) is 4.77. The lowest BCUT2D eigenvalue weighted by atomic mass is 10.2. The second-order valence-electron chi connectivity index (χ2n) is 3.84. The molecule has 5 heteroatoms. The minimum Gasteiger partial charge on any atom is -0.467 e. The lowest BCUT2D eigenvalue weighted by Gasteiger charge is -2.15. The molecule has 1 atom stereocenters. The van der Waals surface area contributed by atoms with Crippen LogP contribution in [0.4, 0.5) is 5.69 Å². The number of anilines is 1. The zero-order chi connectivity index (χ0) is 13.0. The summed E-state index contributed by atoms with van der Waals surface area (Å²) in [7, 11) is 1.38. The summed E-state index contributed by atoms with van der Waals surface area (Å²) in [6, 6.07) is 7.27. The fourth-order valence-corrected chi connectivity index (χ4v) is 2.29. The Kier molecular flexibility index (Phi) is 3.94. The summed E-state index contributed by atoms with van der Waals surface area (Å²) in [5, 5.41) is 5.68. The quantitative estimate of drug-likeness (QED) is 0.861. The first-order valence-electron chi connectivity index (χ1n) is 5.51. The van der Waals surface area contributed by atoms with Crippen LogP contribution in [-0.4, -0.2) is 18.1 Å². The number of aryl methyl sites for hydroxylation is 1. The molecule has 0 saturated heterocycles. The van der Waals surface area contributed by atoms with Crippen molar-refractivity contribution in [3.63, 3.8) is 0 Å². The van der Waals surface area contributed by atoms with Gasteiger partial charge in [0.1, 0.15) is 5.01 Å². The fraction of sp³-hybridized carbons (Fsp3) is 0.231. The van der Waals surface area contributed by atoms with E-state index < -0.39 is 6.04 Å². The van der Waals surface area contributed by atoms with Crippen molar-refractivity contribution in [2.45, 2.75) is 13.0 Å². The molecule has 1 unspecified atom stereocenters. The Balaban J connectivity index is 2.23. The van der Waals surface area contributed by atoms with Crippen molar-refractivity contribution < 1.29 is 9.53 Å². The van der Waals surface area contributed by atoms with Crippen LogP contribution in [0.3, 0.4) is 0 Å². The molecule has 0 aliphatic heterocycles. The van der Waals surface area contributed by atoms with Gasteiger partial charge in [0.2, 0.25) is 0 Å². The Bertz CT molecular complexity index is 526. The van der Waals surface area contributed by atoms with E-state index in [2.05, 4.69) is 10.3 Å². The van der Waals surface area contributed by atoms with Crippen LogP contribution in [-0.2, 0) is 9.53 Å². The van der Waals surface area contributed by atoms with E-state index in [1.54, 1.807) is 6.20 Å². The molecular weight excluding hydrogens is 248 g/mol. The minimum absolute atomic E-state index is 0.341. The highest BCUT2D eigenvalue weighted by Crippen LogP contribution is 2.23. The molecule has 1 aromatic heterocycles. The van der Waals surface area contributed by atoms with Crippen molar-refractivity contribution in [1.29, 1.82) is 0 Å². The molecule has 0 fully saturated rings. The summed E-state index contributed by atoms with van der Waals surface area (Å²) in [6.07, 6.45) is 1.67. The van der Waals surface area contributed by atoms with Crippen LogP contribution in [0.5, 0.6) is 0 Å². The van der Waals surface area contributed by atoms with Gasteiger partial charge in [0, 0.05) is 17.3 Å². The molecule has 2 aromatic rings. The van der Waals surface area contributed by atoms with E-state index in [0.29, 0.717) is 5.01 Å². The zero-order valence-corrected chi connectivity index (χ0v) is 11.0. The largest absolute Gasteiger partial charge is 0.467 e. The number of nitrogens with one attached hydrogen (secondary N) is 1. The van der Waals surface area contributed by atoms with Gasteiger partial charge in [0.05, 0.1) is 7.11 Å². The van der Waals surface area contributed by atoms with Gasteiger partial charge in [-0.05, 0) is 24.6 Å². The number of carbonyl (C=O) groups excluding carboxylic acids is 1. The smallest absolute Gasteiger partial charge is 0.335 e. The number of thiazole rings is 1. The van der Waals surface area contributed by atoms with Crippen molar-refractivity contribution in [2.24, 2.45) is 0 Å². The topological polar surface area (TPSA) is 51.2 Å². The molecule has 0 spiro atoms. The zero-order valence-electron chi connectivity index (χ0n) is 10.2. The van der Waals surface area contributed by atoms with Crippen molar-refractivity contribution in [1.82, 2.24) is 4.98 Å². The van der Waals surface area contributed by atoms with Gasteiger partial charge in [-0.2, -0.15) is 0 Å². The first-order valence-corrected chi connectivity index (χ1v) is 6.39. The number of rotatable bonds is 4. The molecule has 0 bridgehead atoms. The molecule has 0 saturated carbocycles. The third-order valence-electron chi connectivity index (χ3n) is 2.46. The Morgan fingerprint density at radius 2 is 2.33 bits per heavy atom. The van der Waals surface area contributed by atoms with E-state index >= 15 is 0 Å². The molecular formula is C13H14N2O2S. The molecule has 1 N–H and O–H groups in total. The third kappa shape index (κ3) is 2.87. The van der Waals surface area contributed by atoms with Gasteiger partial charge in [-0.1, -0.05) is 12.1 Å². The predicted molar refractivity (Wildman–Crippen MR) is 71.7 cm³/mol. The van der Waals surface area contributed by atoms with Crippen LogP contribution >= 0.6 is 11.3 Å². The van der Waals surface area contributed by atoms with Crippen LogP contribution in [0, 0.1) is 6.92 Å². The maximum Gasteiger partial charge on any atom is 0.335 e. The van der Waals surface area contributed by atoms with E-state index in [-0.39, 0.29) is 5.97 Å². The molecule has 0 aliphatic rings. The van der Waals surface area contributed by atoms with E-state index in [0.717, 1.165) is 11.3 Å². The van der Waals surface area contributed by atoms with E-state index in [9.17, 15) is 4.79 Å². The normalized spacial score (nSPS) is 11.9. The van der Waals surface area contributed by atoms with Crippen LogP contribution in [0.15, 0.2) is 35.8 Å². The van der Waals surface area contributed by atoms with E-state index in [4.69, 9.17) is 4.74 Å². The number of hydrogen-bond donors (Lipinski definition) is 1. The third-order valence-corrected chi connectivity index (χ3v) is 3.30. The van der Waals surface area contributed by atoms with Gasteiger partial charge in [-0.25, -0.2) is 9.78 Å². The number of hydrogen-bond acceptors (Lipinski definition) is 5. The Morgan fingerprint density at radius 1 is 1.50 bits per heavy atom. The van der Waals surface area contributed by atoms with Crippen molar-refractivity contribution >= 4 is 23.0 Å². The number of benzene rings is 1. The lowest BCUT2D eigenvalue weighted by molar-refractivity contribution is -0.141. The van der Waals surface area contributed by atoms with E-state index in [1.165, 1.54) is 18.4 Å². The number of nitrogens with zero attached hydrogens (tertiary/aromatic N) is 1. The van der Waals surface area contributed by atoms with Crippen molar-refractivity contribution in [3.8, 4) is 0 Å². The van der Waals surface area contributed by atoms with Gasteiger partial charge in [0.25, 0.3) is 0 Å². The number of ether oxygens (including phenoxy) is 1. The Labute approximate surface area is 110 Å². The standard InChI is InChI=1S/C13H14N2O2S/c1-9-4-3-5-10(8-9)15-11(13(16)17-2)12-14-6-7-18-12/h3-8,11,15H,1-2H3. The summed E-state index contributed by atoms with van der Waals surface area (Å²) in [5.74, 6) is -0.341. The number of carbonyl (C=O) groups is 1. The molecule has 0 amide bonds. The Morgan fingerprint density at radius 3 is 2.94 bits per heavy atom. The van der Waals surface area contributed by atoms with Crippen LogP contribution in [0.2, 0.25) is 0 Å². The highest BCUT2D eigenvalue weighted by Gasteiger charge is 2.23. The summed E-state index contributed by atoms with van der Waals surface area (Å²) in [4.78, 5) is 15.9. The van der Waals surface area contributed by atoms with Crippen LogP contribution in [0.1, 0.15) is 16.6 Å². The minimum atomic E-state index is -0.559. The summed E-state index contributed by atoms with van der Waals surface area (Å²) in [6.45, 7) is 2.00. The van der Waals surface area contributed by atoms with Crippen LogP contribution in [0.25, 0.3) is 0 Å². The highest BCUT2D eigenvalue weighted by atomic mass is 32.1. The maximum atomic E-state index is 11.8. The number of esters is 1. The van der Waals surface area contributed by atoms with Crippen molar-refractivity contribution in [3.05, 3.63) is 46.4 Å². The predicted octanol–water partition coefficient (Wildman–Crippen LogP) is 2.78. The average Bonchev–Trinajstić information content (AvgIpc) is 2.89. The summed E-state index contributed by atoms with van der Waals surface area (Å²) >= 11 is 1.42. The van der Waals surface area contributed by atoms with Gasteiger partial charge in [-0.3, -0.25) is 0 Å². The monoisotopic (exact) mass is 262 g/mol. The number of aromatic nitrogens is 1. The molecule has 4 nitrogen and oxygen atoms in total.